The molecule has 1 rings (SSSR count). The lowest BCUT2D eigenvalue weighted by Gasteiger charge is -2.00. The molecule has 0 aromatic heterocycles. The van der Waals surface area contributed by atoms with Crippen molar-refractivity contribution >= 4 is 5.91 Å². The van der Waals surface area contributed by atoms with Gasteiger partial charge in [-0.3, -0.25) is 4.79 Å². The summed E-state index contributed by atoms with van der Waals surface area (Å²) in [6.07, 6.45) is 0. The highest BCUT2D eigenvalue weighted by Crippen LogP contribution is 1.98. The summed E-state index contributed by atoms with van der Waals surface area (Å²) in [5.41, 5.74) is 0.563. The number of carbonyl (C=O) groups is 1. The second-order valence-corrected chi connectivity index (χ2v) is 2.41. The lowest BCUT2D eigenvalue weighted by atomic mass is 10.2. The molecular formula is C10H8N2O. The first kappa shape index (κ1) is 9.01. The van der Waals surface area contributed by atoms with Gasteiger partial charge in [-0.25, -0.2) is 0 Å². The minimum absolute atomic E-state index is 0.0499. The van der Waals surface area contributed by atoms with Crippen molar-refractivity contribution in [2.75, 3.05) is 0 Å². The SMILES string of the molecule is C=C(C#N)NC(=O)c1ccccc1. The highest BCUT2D eigenvalue weighted by molar-refractivity contribution is 5.95. The number of benzene rings is 1. The Morgan fingerprint density at radius 2 is 2.00 bits per heavy atom. The zero-order valence-electron chi connectivity index (χ0n) is 6.95. The van der Waals surface area contributed by atoms with Crippen molar-refractivity contribution in [3.05, 3.63) is 48.2 Å². The predicted octanol–water partition coefficient (Wildman–Crippen LogP) is 1.45. The molecule has 13 heavy (non-hydrogen) atoms. The van der Waals surface area contributed by atoms with Crippen LogP contribution in [-0.4, -0.2) is 5.91 Å². The molecule has 0 bridgehead atoms. The molecule has 0 heterocycles. The average molecular weight is 172 g/mol. The standard InChI is InChI=1S/C10H8N2O/c1-8(7-11)12-10(13)9-5-3-2-4-6-9/h2-6H,1H2,(H,12,13). The van der Waals surface area contributed by atoms with Crippen molar-refractivity contribution < 1.29 is 4.79 Å². The van der Waals surface area contributed by atoms with Gasteiger partial charge >= 0.3 is 0 Å². The minimum atomic E-state index is -0.313. The zero-order valence-corrected chi connectivity index (χ0v) is 6.95. The Kier molecular flexibility index (Phi) is 2.82. The predicted molar refractivity (Wildman–Crippen MR) is 48.7 cm³/mol. The molecule has 3 heteroatoms. The fourth-order valence-electron chi connectivity index (χ4n) is 0.827. The molecule has 0 unspecified atom stereocenters. The van der Waals surface area contributed by atoms with Crippen molar-refractivity contribution in [1.29, 1.82) is 5.26 Å². The summed E-state index contributed by atoms with van der Waals surface area (Å²) >= 11 is 0. The summed E-state index contributed by atoms with van der Waals surface area (Å²) in [7, 11) is 0. The molecular weight excluding hydrogens is 164 g/mol. The van der Waals surface area contributed by atoms with Crippen LogP contribution in [0.15, 0.2) is 42.6 Å². The third kappa shape index (κ3) is 2.46. The van der Waals surface area contributed by atoms with Crippen LogP contribution in [0.2, 0.25) is 0 Å². The Morgan fingerprint density at radius 3 is 2.54 bits per heavy atom. The third-order valence-corrected chi connectivity index (χ3v) is 1.44. The van der Waals surface area contributed by atoms with Crippen LogP contribution in [0, 0.1) is 11.3 Å². The number of rotatable bonds is 2. The summed E-state index contributed by atoms with van der Waals surface area (Å²) in [6, 6.07) is 10.4. The van der Waals surface area contributed by atoms with Gasteiger partial charge in [-0.05, 0) is 12.1 Å². The first-order valence-corrected chi connectivity index (χ1v) is 3.69. The molecule has 0 radical (unpaired) electrons. The number of nitrogens with zero attached hydrogens (tertiary/aromatic N) is 1. The van der Waals surface area contributed by atoms with Gasteiger partial charge in [0, 0.05) is 5.56 Å². The lowest BCUT2D eigenvalue weighted by molar-refractivity contribution is 0.0967. The number of allylic oxidation sites excluding steroid dienone is 1. The second-order valence-electron chi connectivity index (χ2n) is 2.41. The minimum Gasteiger partial charge on any atom is -0.314 e. The van der Waals surface area contributed by atoms with E-state index < -0.39 is 0 Å². The van der Waals surface area contributed by atoms with Gasteiger partial charge in [0.15, 0.2) is 0 Å². The average Bonchev–Trinajstić information content (AvgIpc) is 2.19. The molecule has 0 aliphatic heterocycles. The third-order valence-electron chi connectivity index (χ3n) is 1.44. The van der Waals surface area contributed by atoms with Crippen LogP contribution >= 0.6 is 0 Å². The zero-order chi connectivity index (χ0) is 9.68. The van der Waals surface area contributed by atoms with Crippen LogP contribution in [0.4, 0.5) is 0 Å². The number of carbonyl (C=O) groups excluding carboxylic acids is 1. The van der Waals surface area contributed by atoms with E-state index in [-0.39, 0.29) is 11.6 Å². The van der Waals surface area contributed by atoms with Crippen molar-refractivity contribution in [3.8, 4) is 6.07 Å². The maximum atomic E-state index is 11.3. The topological polar surface area (TPSA) is 52.9 Å². The summed E-state index contributed by atoms with van der Waals surface area (Å²) in [6.45, 7) is 3.35. The molecule has 0 saturated heterocycles. The van der Waals surface area contributed by atoms with Crippen LogP contribution in [0.5, 0.6) is 0 Å². The van der Waals surface area contributed by atoms with E-state index in [9.17, 15) is 4.79 Å². The fraction of sp³-hybridized carbons (Fsp3) is 0. The van der Waals surface area contributed by atoms with Crippen molar-refractivity contribution in [1.82, 2.24) is 5.32 Å². The largest absolute Gasteiger partial charge is 0.314 e. The van der Waals surface area contributed by atoms with E-state index in [1.54, 1.807) is 30.3 Å². The molecule has 1 N–H and O–H groups in total. The molecule has 0 aliphatic rings. The molecule has 0 aliphatic carbocycles. The monoisotopic (exact) mass is 172 g/mol. The Bertz CT molecular complexity index is 362. The van der Waals surface area contributed by atoms with Gasteiger partial charge in [-0.1, -0.05) is 24.8 Å². The van der Waals surface area contributed by atoms with Crippen molar-refractivity contribution in [2.45, 2.75) is 0 Å². The summed E-state index contributed by atoms with van der Waals surface area (Å²) in [5.74, 6) is -0.313. The van der Waals surface area contributed by atoms with Crippen molar-refractivity contribution in [3.63, 3.8) is 0 Å². The summed E-state index contributed by atoms with van der Waals surface area (Å²) < 4.78 is 0. The van der Waals surface area contributed by atoms with Gasteiger partial charge < -0.3 is 5.32 Å². The van der Waals surface area contributed by atoms with Crippen LogP contribution in [0.25, 0.3) is 0 Å². The lowest BCUT2D eigenvalue weighted by Crippen LogP contribution is -2.21. The Morgan fingerprint density at radius 1 is 1.38 bits per heavy atom. The molecule has 1 aromatic rings. The number of amides is 1. The molecule has 1 amide bonds. The molecule has 0 saturated carbocycles. The molecule has 0 spiro atoms. The van der Waals surface area contributed by atoms with E-state index in [0.717, 1.165) is 0 Å². The van der Waals surface area contributed by atoms with E-state index in [2.05, 4.69) is 11.9 Å². The maximum Gasteiger partial charge on any atom is 0.256 e. The van der Waals surface area contributed by atoms with Crippen LogP contribution in [-0.2, 0) is 0 Å². The normalized spacial score (nSPS) is 8.54. The highest BCUT2D eigenvalue weighted by atomic mass is 16.1. The number of hydrogen-bond acceptors (Lipinski definition) is 2. The van der Waals surface area contributed by atoms with Crippen LogP contribution in [0.1, 0.15) is 10.4 Å². The van der Waals surface area contributed by atoms with Gasteiger partial charge in [0.2, 0.25) is 0 Å². The number of hydrogen-bond donors (Lipinski definition) is 1. The molecule has 0 fully saturated rings. The van der Waals surface area contributed by atoms with Crippen LogP contribution in [0.3, 0.4) is 0 Å². The summed E-state index contributed by atoms with van der Waals surface area (Å²) in [4.78, 5) is 11.3. The van der Waals surface area contributed by atoms with Gasteiger partial charge in [0.1, 0.15) is 11.8 Å². The smallest absolute Gasteiger partial charge is 0.256 e. The molecule has 64 valence electrons. The van der Waals surface area contributed by atoms with Gasteiger partial charge in [-0.2, -0.15) is 5.26 Å². The van der Waals surface area contributed by atoms with E-state index in [0.29, 0.717) is 5.56 Å². The highest BCUT2D eigenvalue weighted by Gasteiger charge is 2.03. The quantitative estimate of drug-likeness (QED) is 0.686. The van der Waals surface area contributed by atoms with E-state index in [4.69, 9.17) is 5.26 Å². The van der Waals surface area contributed by atoms with Crippen LogP contribution < -0.4 is 5.32 Å². The molecule has 1 aromatic carbocycles. The Hall–Kier alpha value is -2.08. The van der Waals surface area contributed by atoms with Gasteiger partial charge in [0.25, 0.3) is 5.91 Å². The fourth-order valence-corrected chi connectivity index (χ4v) is 0.827. The number of nitrogens with one attached hydrogen (secondary N) is 1. The summed E-state index contributed by atoms with van der Waals surface area (Å²) in [5, 5.41) is 10.7. The maximum absolute atomic E-state index is 11.3. The number of nitriles is 1. The van der Waals surface area contributed by atoms with Crippen molar-refractivity contribution in [2.24, 2.45) is 0 Å². The van der Waals surface area contributed by atoms with Gasteiger partial charge in [-0.15, -0.1) is 0 Å². The first-order valence-electron chi connectivity index (χ1n) is 3.69. The Labute approximate surface area is 76.3 Å². The Balaban J connectivity index is 2.71. The van der Waals surface area contributed by atoms with Gasteiger partial charge in [0.05, 0.1) is 0 Å². The van der Waals surface area contributed by atoms with E-state index in [1.807, 2.05) is 6.07 Å². The molecule has 0 atom stereocenters. The second kappa shape index (κ2) is 4.07. The first-order chi connectivity index (χ1) is 6.24. The van der Waals surface area contributed by atoms with E-state index >= 15 is 0 Å². The molecule has 3 nitrogen and oxygen atoms in total. The van der Waals surface area contributed by atoms with E-state index in [1.165, 1.54) is 0 Å².